The highest BCUT2D eigenvalue weighted by Gasteiger charge is 2.20. The molecule has 110 valence electrons. The fourth-order valence-electron chi connectivity index (χ4n) is 2.83. The van der Waals surface area contributed by atoms with Gasteiger partial charge in [0.1, 0.15) is 0 Å². The van der Waals surface area contributed by atoms with Gasteiger partial charge in [0, 0.05) is 0 Å². The Hall–Kier alpha value is -1.35. The van der Waals surface area contributed by atoms with E-state index in [1.165, 1.54) is 24.0 Å². The SMILES string of the molecule is CCOC(=O)c1cc(CC)cc(C2CCN(C)CC2)c1. The lowest BCUT2D eigenvalue weighted by Crippen LogP contribution is -2.29. The summed E-state index contributed by atoms with van der Waals surface area (Å²) in [6.07, 6.45) is 3.30. The maximum Gasteiger partial charge on any atom is 0.338 e. The van der Waals surface area contributed by atoms with Crippen LogP contribution in [0.2, 0.25) is 0 Å². The lowest BCUT2D eigenvalue weighted by Gasteiger charge is -2.29. The Labute approximate surface area is 121 Å². The van der Waals surface area contributed by atoms with Gasteiger partial charge in [-0.1, -0.05) is 13.0 Å². The molecule has 0 atom stereocenters. The van der Waals surface area contributed by atoms with E-state index in [4.69, 9.17) is 4.74 Å². The number of hydrogen-bond donors (Lipinski definition) is 0. The molecule has 0 amide bonds. The van der Waals surface area contributed by atoms with E-state index in [2.05, 4.69) is 24.9 Å². The number of nitrogens with zero attached hydrogens (tertiary/aromatic N) is 1. The minimum absolute atomic E-state index is 0.197. The molecule has 1 aromatic rings. The summed E-state index contributed by atoms with van der Waals surface area (Å²) in [6, 6.07) is 6.27. The van der Waals surface area contributed by atoms with Crippen LogP contribution in [0.3, 0.4) is 0 Å². The summed E-state index contributed by atoms with van der Waals surface area (Å²) in [5.74, 6) is 0.378. The molecule has 0 spiro atoms. The van der Waals surface area contributed by atoms with Crippen molar-refractivity contribution in [3.8, 4) is 0 Å². The van der Waals surface area contributed by atoms with Gasteiger partial charge in [0.25, 0.3) is 0 Å². The van der Waals surface area contributed by atoms with Gasteiger partial charge >= 0.3 is 5.97 Å². The van der Waals surface area contributed by atoms with Crippen molar-refractivity contribution < 1.29 is 9.53 Å². The highest BCUT2D eigenvalue weighted by molar-refractivity contribution is 5.89. The van der Waals surface area contributed by atoms with E-state index < -0.39 is 0 Å². The van der Waals surface area contributed by atoms with Gasteiger partial charge in [-0.05, 0) is 75.5 Å². The molecule has 1 heterocycles. The van der Waals surface area contributed by atoms with Crippen molar-refractivity contribution in [2.75, 3.05) is 26.7 Å². The Morgan fingerprint density at radius 2 is 1.95 bits per heavy atom. The third-order valence-corrected chi connectivity index (χ3v) is 4.12. The predicted molar refractivity (Wildman–Crippen MR) is 81.2 cm³/mol. The molecule has 0 bridgehead atoms. The van der Waals surface area contributed by atoms with Crippen molar-refractivity contribution in [3.63, 3.8) is 0 Å². The molecule has 0 aromatic heterocycles. The number of aryl methyl sites for hydroxylation is 1. The van der Waals surface area contributed by atoms with Crippen LogP contribution < -0.4 is 0 Å². The van der Waals surface area contributed by atoms with Crippen LogP contribution in [0.4, 0.5) is 0 Å². The van der Waals surface area contributed by atoms with Crippen molar-refractivity contribution >= 4 is 5.97 Å². The molecule has 0 N–H and O–H groups in total. The maximum absolute atomic E-state index is 12.0. The summed E-state index contributed by atoms with van der Waals surface area (Å²) < 4.78 is 5.14. The van der Waals surface area contributed by atoms with Crippen LogP contribution in [0.1, 0.15) is 54.1 Å². The second-order valence-corrected chi connectivity index (χ2v) is 5.61. The molecule has 1 aliphatic heterocycles. The van der Waals surface area contributed by atoms with Gasteiger partial charge in [-0.3, -0.25) is 0 Å². The van der Waals surface area contributed by atoms with Gasteiger partial charge in [0.15, 0.2) is 0 Å². The summed E-state index contributed by atoms with van der Waals surface area (Å²) in [5.41, 5.74) is 3.24. The molecule has 2 rings (SSSR count). The highest BCUT2D eigenvalue weighted by Crippen LogP contribution is 2.29. The van der Waals surface area contributed by atoms with Crippen LogP contribution >= 0.6 is 0 Å². The van der Waals surface area contributed by atoms with Crippen LogP contribution in [0.25, 0.3) is 0 Å². The smallest absolute Gasteiger partial charge is 0.338 e. The molecule has 3 nitrogen and oxygen atoms in total. The highest BCUT2D eigenvalue weighted by atomic mass is 16.5. The largest absolute Gasteiger partial charge is 0.462 e. The first-order valence-corrected chi connectivity index (χ1v) is 7.63. The molecule has 3 heteroatoms. The number of likely N-dealkylation sites (tertiary alicyclic amines) is 1. The lowest BCUT2D eigenvalue weighted by molar-refractivity contribution is 0.0526. The Balaban J connectivity index is 2.23. The number of esters is 1. The summed E-state index contributed by atoms with van der Waals surface area (Å²) in [5, 5.41) is 0. The number of piperidine rings is 1. The number of rotatable bonds is 4. The number of benzene rings is 1. The van der Waals surface area contributed by atoms with Crippen LogP contribution in [-0.4, -0.2) is 37.6 Å². The van der Waals surface area contributed by atoms with E-state index in [1.54, 1.807) is 0 Å². The van der Waals surface area contributed by atoms with Gasteiger partial charge in [-0.2, -0.15) is 0 Å². The van der Waals surface area contributed by atoms with Crippen LogP contribution in [-0.2, 0) is 11.2 Å². The molecule has 0 radical (unpaired) electrons. The van der Waals surface area contributed by atoms with Crippen LogP contribution in [0.5, 0.6) is 0 Å². The Kier molecular flexibility index (Phi) is 5.18. The second-order valence-electron chi connectivity index (χ2n) is 5.61. The monoisotopic (exact) mass is 275 g/mol. The van der Waals surface area contributed by atoms with Crippen molar-refractivity contribution in [2.45, 2.75) is 39.0 Å². The quantitative estimate of drug-likeness (QED) is 0.790. The summed E-state index contributed by atoms with van der Waals surface area (Å²) in [4.78, 5) is 14.3. The molecule has 0 unspecified atom stereocenters. The molecule has 1 saturated heterocycles. The van der Waals surface area contributed by atoms with Crippen molar-refractivity contribution in [1.29, 1.82) is 0 Å². The second kappa shape index (κ2) is 6.89. The van der Waals surface area contributed by atoms with E-state index >= 15 is 0 Å². The number of hydrogen-bond acceptors (Lipinski definition) is 3. The fraction of sp³-hybridized carbons (Fsp3) is 0.588. The van der Waals surface area contributed by atoms with Crippen LogP contribution in [0.15, 0.2) is 18.2 Å². The third-order valence-electron chi connectivity index (χ3n) is 4.12. The molecular weight excluding hydrogens is 250 g/mol. The Morgan fingerprint density at radius 1 is 1.25 bits per heavy atom. The summed E-state index contributed by atoms with van der Waals surface area (Å²) in [7, 11) is 2.17. The first-order valence-electron chi connectivity index (χ1n) is 7.63. The zero-order valence-electron chi connectivity index (χ0n) is 12.8. The summed E-state index contributed by atoms with van der Waals surface area (Å²) >= 11 is 0. The number of carbonyl (C=O) groups excluding carboxylic acids is 1. The molecule has 1 fully saturated rings. The first kappa shape index (κ1) is 15.0. The number of ether oxygens (including phenoxy) is 1. The van der Waals surface area contributed by atoms with E-state index in [0.717, 1.165) is 19.5 Å². The molecule has 0 saturated carbocycles. The fourth-order valence-corrected chi connectivity index (χ4v) is 2.83. The first-order chi connectivity index (χ1) is 9.63. The molecule has 20 heavy (non-hydrogen) atoms. The van der Waals surface area contributed by atoms with Gasteiger partial charge in [-0.25, -0.2) is 4.79 Å². The van der Waals surface area contributed by atoms with Crippen molar-refractivity contribution in [1.82, 2.24) is 4.90 Å². The van der Waals surface area contributed by atoms with E-state index in [-0.39, 0.29) is 5.97 Å². The van der Waals surface area contributed by atoms with Gasteiger partial charge < -0.3 is 9.64 Å². The lowest BCUT2D eigenvalue weighted by atomic mass is 9.87. The normalized spacial score (nSPS) is 17.1. The maximum atomic E-state index is 12.0. The van der Waals surface area contributed by atoms with Crippen molar-refractivity contribution in [2.24, 2.45) is 0 Å². The van der Waals surface area contributed by atoms with E-state index in [0.29, 0.717) is 18.1 Å². The predicted octanol–water partition coefficient (Wildman–Crippen LogP) is 3.23. The van der Waals surface area contributed by atoms with Crippen LogP contribution in [0, 0.1) is 0 Å². The zero-order chi connectivity index (χ0) is 14.5. The number of carbonyl (C=O) groups is 1. The van der Waals surface area contributed by atoms with Gasteiger partial charge in [0.2, 0.25) is 0 Å². The van der Waals surface area contributed by atoms with Gasteiger partial charge in [0.05, 0.1) is 12.2 Å². The molecular formula is C17H25NO2. The van der Waals surface area contributed by atoms with E-state index in [9.17, 15) is 4.79 Å². The minimum Gasteiger partial charge on any atom is -0.462 e. The Morgan fingerprint density at radius 3 is 2.55 bits per heavy atom. The molecule has 1 aliphatic rings. The molecule has 0 aliphatic carbocycles. The zero-order valence-corrected chi connectivity index (χ0v) is 12.8. The average molecular weight is 275 g/mol. The van der Waals surface area contributed by atoms with Gasteiger partial charge in [-0.15, -0.1) is 0 Å². The topological polar surface area (TPSA) is 29.5 Å². The standard InChI is InChI=1S/C17H25NO2/c1-4-13-10-15(14-6-8-18(3)9-7-14)12-16(11-13)17(19)20-5-2/h10-12,14H,4-9H2,1-3H3. The summed E-state index contributed by atoms with van der Waals surface area (Å²) in [6.45, 7) is 6.67. The molecule has 1 aromatic carbocycles. The average Bonchev–Trinajstić information content (AvgIpc) is 2.47. The Bertz CT molecular complexity index is 462. The van der Waals surface area contributed by atoms with E-state index in [1.807, 2.05) is 19.1 Å². The minimum atomic E-state index is -0.197. The van der Waals surface area contributed by atoms with Crippen molar-refractivity contribution in [3.05, 3.63) is 34.9 Å². The third kappa shape index (κ3) is 3.60.